The van der Waals surface area contributed by atoms with Gasteiger partial charge in [-0.3, -0.25) is 0 Å². The number of benzene rings is 1. The maximum Gasteiger partial charge on any atom is 0.328 e. The Hall–Kier alpha value is -2.82. The monoisotopic (exact) mass is 282 g/mol. The van der Waals surface area contributed by atoms with Crippen LogP contribution in [0.15, 0.2) is 43.0 Å². The summed E-state index contributed by atoms with van der Waals surface area (Å²) in [6, 6.07) is 5.59. The van der Waals surface area contributed by atoms with E-state index >= 15 is 0 Å². The van der Waals surface area contributed by atoms with Gasteiger partial charge in [-0.25, -0.2) is 9.78 Å². The van der Waals surface area contributed by atoms with Crippen LogP contribution in [-0.4, -0.2) is 26.7 Å². The highest BCUT2D eigenvalue weighted by Crippen LogP contribution is 2.32. The number of hydrogen-bond donors (Lipinski definition) is 1. The molecule has 21 heavy (non-hydrogen) atoms. The van der Waals surface area contributed by atoms with Crippen LogP contribution in [0.2, 0.25) is 0 Å². The van der Waals surface area contributed by atoms with Crippen LogP contribution in [0.3, 0.4) is 0 Å². The van der Waals surface area contributed by atoms with Gasteiger partial charge in [0.2, 0.25) is 0 Å². The van der Waals surface area contributed by atoms with E-state index in [1.165, 1.54) is 0 Å². The summed E-state index contributed by atoms with van der Waals surface area (Å²) >= 11 is 0. The zero-order valence-corrected chi connectivity index (χ0v) is 11.4. The SMILES string of the molecule is CC1Oc2ccc(C=CC(=O)O)cc2C=C1n1ccnc1. The fraction of sp³-hybridized carbons (Fsp3) is 0.125. The Kier molecular flexibility index (Phi) is 3.31. The minimum Gasteiger partial charge on any atom is -0.484 e. The van der Waals surface area contributed by atoms with Crippen molar-refractivity contribution in [3.8, 4) is 5.75 Å². The van der Waals surface area contributed by atoms with Gasteiger partial charge in [0.25, 0.3) is 0 Å². The lowest BCUT2D eigenvalue weighted by Gasteiger charge is -2.25. The maximum absolute atomic E-state index is 10.6. The van der Waals surface area contributed by atoms with E-state index in [1.807, 2.05) is 42.0 Å². The van der Waals surface area contributed by atoms with Crippen molar-refractivity contribution in [2.45, 2.75) is 13.0 Å². The second kappa shape index (κ2) is 5.28. The van der Waals surface area contributed by atoms with Crippen molar-refractivity contribution >= 4 is 23.8 Å². The molecule has 5 nitrogen and oxygen atoms in total. The molecule has 106 valence electrons. The van der Waals surface area contributed by atoms with Gasteiger partial charge in [0.1, 0.15) is 11.9 Å². The van der Waals surface area contributed by atoms with E-state index in [9.17, 15) is 4.79 Å². The Labute approximate surface area is 121 Å². The number of carboxylic acid groups (broad SMARTS) is 1. The van der Waals surface area contributed by atoms with Crippen LogP contribution in [0.25, 0.3) is 17.8 Å². The van der Waals surface area contributed by atoms with Gasteiger partial charge < -0.3 is 14.4 Å². The Morgan fingerprint density at radius 2 is 2.33 bits per heavy atom. The molecular formula is C16H14N2O3. The average molecular weight is 282 g/mol. The van der Waals surface area contributed by atoms with Gasteiger partial charge in [0, 0.05) is 24.0 Å². The molecule has 0 fully saturated rings. The molecule has 0 bridgehead atoms. The molecule has 0 radical (unpaired) electrons. The van der Waals surface area contributed by atoms with Gasteiger partial charge in [-0.2, -0.15) is 0 Å². The third kappa shape index (κ3) is 2.72. The Bertz CT molecular complexity index is 730. The molecule has 3 rings (SSSR count). The Balaban J connectivity index is 2.00. The summed E-state index contributed by atoms with van der Waals surface area (Å²) in [5.41, 5.74) is 2.72. The molecule has 0 amide bonds. The van der Waals surface area contributed by atoms with Gasteiger partial charge >= 0.3 is 5.97 Å². The number of aliphatic carboxylic acids is 1. The summed E-state index contributed by atoms with van der Waals surface area (Å²) in [5, 5.41) is 8.68. The van der Waals surface area contributed by atoms with Gasteiger partial charge in [-0.05, 0) is 36.8 Å². The lowest BCUT2D eigenvalue weighted by Crippen LogP contribution is -2.21. The average Bonchev–Trinajstić information content (AvgIpc) is 2.98. The molecule has 1 aliphatic heterocycles. The molecule has 5 heteroatoms. The number of nitrogens with zero attached hydrogens (tertiary/aromatic N) is 2. The third-order valence-electron chi connectivity index (χ3n) is 3.28. The van der Waals surface area contributed by atoms with E-state index in [0.717, 1.165) is 28.6 Å². The van der Waals surface area contributed by atoms with Crippen LogP contribution < -0.4 is 4.74 Å². The van der Waals surface area contributed by atoms with Gasteiger partial charge in [-0.15, -0.1) is 0 Å². The van der Waals surface area contributed by atoms with Crippen molar-refractivity contribution in [1.82, 2.24) is 9.55 Å². The quantitative estimate of drug-likeness (QED) is 0.879. The molecule has 1 atom stereocenters. The number of hydrogen-bond acceptors (Lipinski definition) is 3. The molecular weight excluding hydrogens is 268 g/mol. The second-order valence-corrected chi connectivity index (χ2v) is 4.77. The minimum absolute atomic E-state index is 0.0767. The van der Waals surface area contributed by atoms with Crippen LogP contribution in [-0.2, 0) is 4.79 Å². The lowest BCUT2D eigenvalue weighted by molar-refractivity contribution is -0.131. The first-order chi connectivity index (χ1) is 10.1. The molecule has 0 saturated carbocycles. The first-order valence-electron chi connectivity index (χ1n) is 6.55. The van der Waals surface area contributed by atoms with E-state index in [0.29, 0.717) is 0 Å². The van der Waals surface area contributed by atoms with Crippen molar-refractivity contribution in [3.05, 3.63) is 54.1 Å². The lowest BCUT2D eigenvalue weighted by atomic mass is 10.0. The van der Waals surface area contributed by atoms with Crippen LogP contribution in [0.5, 0.6) is 5.75 Å². The van der Waals surface area contributed by atoms with Crippen molar-refractivity contribution in [1.29, 1.82) is 0 Å². The van der Waals surface area contributed by atoms with Gasteiger partial charge in [-0.1, -0.05) is 6.07 Å². The van der Waals surface area contributed by atoms with Crippen LogP contribution in [0, 0.1) is 0 Å². The highest BCUT2D eigenvalue weighted by Gasteiger charge is 2.19. The van der Waals surface area contributed by atoms with Crippen LogP contribution >= 0.6 is 0 Å². The molecule has 1 aromatic carbocycles. The molecule has 1 aromatic heterocycles. The number of carbonyl (C=O) groups is 1. The largest absolute Gasteiger partial charge is 0.484 e. The molecule has 0 aliphatic carbocycles. The van der Waals surface area contributed by atoms with Gasteiger partial charge in [0.15, 0.2) is 0 Å². The number of fused-ring (bicyclic) bond motifs is 1. The summed E-state index contributed by atoms with van der Waals surface area (Å²) < 4.78 is 7.80. The number of ether oxygens (including phenoxy) is 1. The Morgan fingerprint density at radius 3 is 3.05 bits per heavy atom. The fourth-order valence-electron chi connectivity index (χ4n) is 2.28. The van der Waals surface area contributed by atoms with E-state index in [1.54, 1.807) is 18.6 Å². The molecule has 2 heterocycles. The maximum atomic E-state index is 10.6. The predicted octanol–water partition coefficient (Wildman–Crippen LogP) is 2.76. The normalized spacial score (nSPS) is 17.2. The summed E-state index contributed by atoms with van der Waals surface area (Å²) in [6.45, 7) is 1.98. The van der Waals surface area contributed by atoms with Crippen molar-refractivity contribution in [2.75, 3.05) is 0 Å². The topological polar surface area (TPSA) is 64.3 Å². The zero-order valence-electron chi connectivity index (χ0n) is 11.4. The van der Waals surface area contributed by atoms with Crippen molar-refractivity contribution in [3.63, 3.8) is 0 Å². The molecule has 0 spiro atoms. The van der Waals surface area contributed by atoms with E-state index in [2.05, 4.69) is 4.98 Å². The molecule has 1 aliphatic rings. The van der Waals surface area contributed by atoms with E-state index < -0.39 is 5.97 Å². The number of carboxylic acids is 1. The zero-order chi connectivity index (χ0) is 14.8. The van der Waals surface area contributed by atoms with Crippen molar-refractivity contribution < 1.29 is 14.6 Å². The smallest absolute Gasteiger partial charge is 0.328 e. The predicted molar refractivity (Wildman–Crippen MR) is 79.6 cm³/mol. The minimum atomic E-state index is -0.966. The number of aromatic nitrogens is 2. The van der Waals surface area contributed by atoms with Crippen molar-refractivity contribution in [2.24, 2.45) is 0 Å². The number of imidazole rings is 1. The highest BCUT2D eigenvalue weighted by atomic mass is 16.5. The van der Waals surface area contributed by atoms with Crippen LogP contribution in [0.4, 0.5) is 0 Å². The molecule has 1 unspecified atom stereocenters. The second-order valence-electron chi connectivity index (χ2n) is 4.77. The summed E-state index contributed by atoms with van der Waals surface area (Å²) in [6.07, 6.45) is 9.95. The Morgan fingerprint density at radius 1 is 1.48 bits per heavy atom. The summed E-state index contributed by atoms with van der Waals surface area (Å²) in [5.74, 6) is -0.175. The summed E-state index contributed by atoms with van der Waals surface area (Å²) in [7, 11) is 0. The molecule has 1 N–H and O–H groups in total. The number of rotatable bonds is 3. The highest BCUT2D eigenvalue weighted by molar-refractivity contribution is 5.86. The molecule has 2 aromatic rings. The standard InChI is InChI=1S/C16H14N2O3/c1-11-14(18-7-6-17-10-18)9-13-8-12(3-5-16(19)20)2-4-15(13)21-11/h2-11H,1H3,(H,19,20). The molecule has 0 saturated heterocycles. The third-order valence-corrected chi connectivity index (χ3v) is 3.28. The first kappa shape index (κ1) is 13.2. The van der Waals surface area contributed by atoms with E-state index in [-0.39, 0.29) is 6.10 Å². The first-order valence-corrected chi connectivity index (χ1v) is 6.55. The fourth-order valence-corrected chi connectivity index (χ4v) is 2.28. The van der Waals surface area contributed by atoms with E-state index in [4.69, 9.17) is 9.84 Å². The van der Waals surface area contributed by atoms with Gasteiger partial charge in [0.05, 0.1) is 12.0 Å². The van der Waals surface area contributed by atoms with Crippen LogP contribution in [0.1, 0.15) is 18.1 Å². The summed E-state index contributed by atoms with van der Waals surface area (Å²) in [4.78, 5) is 14.6.